The molecule has 0 amide bonds. The van der Waals surface area contributed by atoms with Crippen LogP contribution in [0.2, 0.25) is 0 Å². The highest BCUT2D eigenvalue weighted by atomic mass is 16.5. The maximum absolute atomic E-state index is 5.63. The lowest BCUT2D eigenvalue weighted by atomic mass is 10.3. The third-order valence-corrected chi connectivity index (χ3v) is 2.72. The maximum atomic E-state index is 5.63. The van der Waals surface area contributed by atoms with Gasteiger partial charge in [-0.05, 0) is 44.2 Å². The van der Waals surface area contributed by atoms with Crippen LogP contribution in [0.5, 0.6) is 5.75 Å². The number of benzene rings is 1. The van der Waals surface area contributed by atoms with E-state index in [0.29, 0.717) is 0 Å². The topological polar surface area (TPSA) is 47.7 Å². The molecule has 1 aromatic carbocycles. The average molecular weight is 252 g/mol. The van der Waals surface area contributed by atoms with Crippen molar-refractivity contribution in [2.45, 2.75) is 12.8 Å². The summed E-state index contributed by atoms with van der Waals surface area (Å²) in [4.78, 5) is 2.30. The van der Waals surface area contributed by atoms with Crippen LogP contribution in [-0.2, 0) is 4.74 Å². The lowest BCUT2D eigenvalue weighted by Crippen LogP contribution is -2.23. The minimum Gasteiger partial charge on any atom is -0.494 e. The van der Waals surface area contributed by atoms with E-state index in [2.05, 4.69) is 11.9 Å². The van der Waals surface area contributed by atoms with Crippen molar-refractivity contribution in [3.63, 3.8) is 0 Å². The van der Waals surface area contributed by atoms with Crippen molar-refractivity contribution in [3.05, 3.63) is 24.3 Å². The van der Waals surface area contributed by atoms with Crippen molar-refractivity contribution in [1.29, 1.82) is 0 Å². The smallest absolute Gasteiger partial charge is 0.119 e. The Morgan fingerprint density at radius 1 is 1.06 bits per heavy atom. The molecule has 0 aliphatic heterocycles. The minimum atomic E-state index is 0.735. The molecular weight excluding hydrogens is 228 g/mol. The van der Waals surface area contributed by atoms with E-state index in [0.717, 1.165) is 50.6 Å². The standard InChI is InChI=1S/C14H24N2O2/c1-16(9-3-11-17-2)10-4-12-18-14-7-5-13(15)6-8-14/h5-8H,3-4,9-12,15H2,1-2H3. The molecule has 0 bridgehead atoms. The summed E-state index contributed by atoms with van der Waals surface area (Å²) >= 11 is 0. The van der Waals surface area contributed by atoms with E-state index in [1.165, 1.54) is 0 Å². The van der Waals surface area contributed by atoms with Gasteiger partial charge in [-0.15, -0.1) is 0 Å². The van der Waals surface area contributed by atoms with Crippen molar-refractivity contribution in [2.75, 3.05) is 46.2 Å². The molecule has 4 heteroatoms. The van der Waals surface area contributed by atoms with Gasteiger partial charge in [0, 0.05) is 32.5 Å². The molecule has 2 N–H and O–H groups in total. The molecule has 0 atom stereocenters. The van der Waals surface area contributed by atoms with E-state index in [-0.39, 0.29) is 0 Å². The van der Waals surface area contributed by atoms with Crippen LogP contribution >= 0.6 is 0 Å². The highest BCUT2D eigenvalue weighted by Crippen LogP contribution is 2.13. The number of hydrogen-bond acceptors (Lipinski definition) is 4. The summed E-state index contributed by atoms with van der Waals surface area (Å²) in [5, 5.41) is 0. The number of nitrogen functional groups attached to an aromatic ring is 1. The minimum absolute atomic E-state index is 0.735. The number of anilines is 1. The van der Waals surface area contributed by atoms with E-state index in [1.807, 2.05) is 24.3 Å². The molecular formula is C14H24N2O2. The lowest BCUT2D eigenvalue weighted by molar-refractivity contribution is 0.176. The zero-order chi connectivity index (χ0) is 13.2. The van der Waals surface area contributed by atoms with Gasteiger partial charge in [0.25, 0.3) is 0 Å². The van der Waals surface area contributed by atoms with Crippen molar-refractivity contribution in [1.82, 2.24) is 4.90 Å². The Balaban J connectivity index is 2.05. The highest BCUT2D eigenvalue weighted by molar-refractivity contribution is 5.41. The molecule has 102 valence electrons. The molecule has 1 rings (SSSR count). The fourth-order valence-electron chi connectivity index (χ4n) is 1.68. The van der Waals surface area contributed by atoms with Gasteiger partial charge in [-0.2, -0.15) is 0 Å². The van der Waals surface area contributed by atoms with Crippen LogP contribution in [0.1, 0.15) is 12.8 Å². The fraction of sp³-hybridized carbons (Fsp3) is 0.571. The molecule has 0 fully saturated rings. The molecule has 0 saturated heterocycles. The summed E-state index contributed by atoms with van der Waals surface area (Å²) in [6, 6.07) is 7.51. The van der Waals surface area contributed by atoms with Crippen LogP contribution in [-0.4, -0.2) is 45.4 Å². The largest absolute Gasteiger partial charge is 0.494 e. The van der Waals surface area contributed by atoms with Crippen LogP contribution in [0.4, 0.5) is 5.69 Å². The van der Waals surface area contributed by atoms with Gasteiger partial charge in [0.1, 0.15) is 5.75 Å². The second-order valence-corrected chi connectivity index (χ2v) is 4.42. The molecule has 0 radical (unpaired) electrons. The van der Waals surface area contributed by atoms with E-state index in [4.69, 9.17) is 15.2 Å². The molecule has 0 saturated carbocycles. The van der Waals surface area contributed by atoms with Crippen LogP contribution < -0.4 is 10.5 Å². The number of nitrogens with zero attached hydrogens (tertiary/aromatic N) is 1. The number of methoxy groups -OCH3 is 1. The van der Waals surface area contributed by atoms with Gasteiger partial charge in [0.05, 0.1) is 6.61 Å². The zero-order valence-electron chi connectivity index (χ0n) is 11.4. The molecule has 0 aliphatic carbocycles. The van der Waals surface area contributed by atoms with Gasteiger partial charge in [-0.25, -0.2) is 0 Å². The Morgan fingerprint density at radius 2 is 1.67 bits per heavy atom. The van der Waals surface area contributed by atoms with Gasteiger partial charge in [0.15, 0.2) is 0 Å². The van der Waals surface area contributed by atoms with E-state index >= 15 is 0 Å². The summed E-state index contributed by atoms with van der Waals surface area (Å²) in [7, 11) is 3.86. The SMILES string of the molecule is COCCCN(C)CCCOc1ccc(N)cc1. The van der Waals surface area contributed by atoms with Crippen molar-refractivity contribution in [3.8, 4) is 5.75 Å². The Hall–Kier alpha value is -1.26. The first kappa shape index (κ1) is 14.8. The number of hydrogen-bond donors (Lipinski definition) is 1. The molecule has 0 unspecified atom stereocenters. The lowest BCUT2D eigenvalue weighted by Gasteiger charge is -2.16. The predicted octanol–water partition coefficient (Wildman–Crippen LogP) is 2.01. The van der Waals surface area contributed by atoms with Gasteiger partial charge >= 0.3 is 0 Å². The van der Waals surface area contributed by atoms with E-state index < -0.39 is 0 Å². The van der Waals surface area contributed by atoms with Crippen molar-refractivity contribution >= 4 is 5.69 Å². The first-order valence-electron chi connectivity index (χ1n) is 6.38. The number of rotatable bonds is 9. The van der Waals surface area contributed by atoms with Crippen LogP contribution in [0.25, 0.3) is 0 Å². The highest BCUT2D eigenvalue weighted by Gasteiger charge is 1.98. The fourth-order valence-corrected chi connectivity index (χ4v) is 1.68. The zero-order valence-corrected chi connectivity index (χ0v) is 11.4. The van der Waals surface area contributed by atoms with Gasteiger partial charge in [-0.3, -0.25) is 0 Å². The first-order valence-corrected chi connectivity index (χ1v) is 6.38. The summed E-state index contributed by atoms with van der Waals surface area (Å²) in [5.41, 5.74) is 6.37. The predicted molar refractivity (Wildman–Crippen MR) is 75.0 cm³/mol. The van der Waals surface area contributed by atoms with Gasteiger partial charge < -0.3 is 20.1 Å². The van der Waals surface area contributed by atoms with Crippen LogP contribution in [0.3, 0.4) is 0 Å². The Labute approximate surface area is 110 Å². The number of nitrogens with two attached hydrogens (primary N) is 1. The number of ether oxygens (including phenoxy) is 2. The maximum Gasteiger partial charge on any atom is 0.119 e. The summed E-state index contributed by atoms with van der Waals surface area (Å²) in [5.74, 6) is 0.881. The van der Waals surface area contributed by atoms with Crippen molar-refractivity contribution in [2.24, 2.45) is 0 Å². The Morgan fingerprint density at radius 3 is 2.28 bits per heavy atom. The van der Waals surface area contributed by atoms with E-state index in [9.17, 15) is 0 Å². The van der Waals surface area contributed by atoms with Crippen molar-refractivity contribution < 1.29 is 9.47 Å². The van der Waals surface area contributed by atoms with E-state index in [1.54, 1.807) is 7.11 Å². The molecule has 0 aliphatic rings. The first-order chi connectivity index (χ1) is 8.72. The third-order valence-electron chi connectivity index (χ3n) is 2.72. The summed E-state index contributed by atoms with van der Waals surface area (Å²) in [6.45, 7) is 3.67. The Kier molecular flexibility index (Phi) is 7.22. The monoisotopic (exact) mass is 252 g/mol. The van der Waals surface area contributed by atoms with Gasteiger partial charge in [-0.1, -0.05) is 0 Å². The van der Waals surface area contributed by atoms with Crippen LogP contribution in [0.15, 0.2) is 24.3 Å². The molecule has 4 nitrogen and oxygen atoms in total. The van der Waals surface area contributed by atoms with Gasteiger partial charge in [0.2, 0.25) is 0 Å². The molecule has 18 heavy (non-hydrogen) atoms. The molecule has 1 aromatic rings. The summed E-state index contributed by atoms with van der Waals surface area (Å²) < 4.78 is 10.7. The molecule has 0 heterocycles. The third kappa shape index (κ3) is 6.47. The summed E-state index contributed by atoms with van der Waals surface area (Å²) in [6.07, 6.45) is 2.10. The normalized spacial score (nSPS) is 10.8. The molecule has 0 spiro atoms. The quantitative estimate of drug-likeness (QED) is 0.539. The second-order valence-electron chi connectivity index (χ2n) is 4.42. The van der Waals surface area contributed by atoms with Crippen LogP contribution in [0, 0.1) is 0 Å². The average Bonchev–Trinajstić information content (AvgIpc) is 2.37. The molecule has 0 aromatic heterocycles. The Bertz CT molecular complexity index is 314. The second kappa shape index (κ2) is 8.78.